The predicted octanol–water partition coefficient (Wildman–Crippen LogP) is 2.65. The van der Waals surface area contributed by atoms with Crippen LogP contribution in [0.3, 0.4) is 0 Å². The van der Waals surface area contributed by atoms with Crippen molar-refractivity contribution in [2.45, 2.75) is 13.1 Å². The number of benzene rings is 1. The molecule has 6 nitrogen and oxygen atoms in total. The van der Waals surface area contributed by atoms with Crippen LogP contribution in [0.5, 0.6) is 5.75 Å². The molecule has 0 unspecified atom stereocenters. The fourth-order valence-corrected chi connectivity index (χ4v) is 2.40. The van der Waals surface area contributed by atoms with E-state index in [2.05, 4.69) is 31.4 Å². The van der Waals surface area contributed by atoms with Crippen LogP contribution in [-0.4, -0.2) is 37.2 Å². The van der Waals surface area contributed by atoms with Crippen LogP contribution in [0.25, 0.3) is 0 Å². The van der Waals surface area contributed by atoms with Crippen LogP contribution >= 0.6 is 15.9 Å². The molecule has 0 aliphatic heterocycles. The summed E-state index contributed by atoms with van der Waals surface area (Å²) < 4.78 is 11.1. The molecule has 1 heterocycles. The quantitative estimate of drug-likeness (QED) is 0.650. The maximum Gasteiger partial charge on any atom is 0.194 e. The number of aliphatic imine (C=N–C) groups is 1. The first-order valence-electron chi connectivity index (χ1n) is 6.77. The molecule has 1 N–H and O–H groups in total. The third kappa shape index (κ3) is 4.24. The fraction of sp³-hybridized carbons (Fsp3) is 0.333. The van der Waals surface area contributed by atoms with Gasteiger partial charge in [-0.25, -0.2) is 0 Å². The number of guanidine groups is 1. The van der Waals surface area contributed by atoms with E-state index in [0.717, 1.165) is 27.4 Å². The van der Waals surface area contributed by atoms with Crippen LogP contribution in [0.2, 0.25) is 0 Å². The molecule has 0 fully saturated rings. The van der Waals surface area contributed by atoms with Gasteiger partial charge in [0.15, 0.2) is 5.96 Å². The third-order valence-corrected chi connectivity index (χ3v) is 3.93. The number of nitrogens with one attached hydrogen (secondary N) is 1. The average Bonchev–Trinajstić information content (AvgIpc) is 3.02. The summed E-state index contributed by atoms with van der Waals surface area (Å²) in [5.41, 5.74) is 1.95. The monoisotopic (exact) mass is 366 g/mol. The van der Waals surface area contributed by atoms with Crippen molar-refractivity contribution in [1.82, 2.24) is 15.4 Å². The smallest absolute Gasteiger partial charge is 0.194 e. The molecule has 0 bridgehead atoms. The van der Waals surface area contributed by atoms with Crippen molar-refractivity contribution < 1.29 is 9.26 Å². The summed E-state index contributed by atoms with van der Waals surface area (Å²) >= 11 is 3.55. The first-order chi connectivity index (χ1) is 10.6. The minimum absolute atomic E-state index is 0.620. The van der Waals surface area contributed by atoms with Crippen LogP contribution in [0.15, 0.2) is 44.5 Å². The van der Waals surface area contributed by atoms with Crippen LogP contribution < -0.4 is 10.1 Å². The Morgan fingerprint density at radius 1 is 1.45 bits per heavy atom. The second kappa shape index (κ2) is 7.84. The lowest BCUT2D eigenvalue weighted by Gasteiger charge is -2.21. The molecule has 1 aromatic carbocycles. The number of ether oxygens (including phenoxy) is 1. The average molecular weight is 367 g/mol. The largest absolute Gasteiger partial charge is 0.497 e. The number of halogens is 1. The van der Waals surface area contributed by atoms with Crippen molar-refractivity contribution >= 4 is 21.9 Å². The minimum Gasteiger partial charge on any atom is -0.497 e. The molecule has 0 spiro atoms. The van der Waals surface area contributed by atoms with E-state index < -0.39 is 0 Å². The van der Waals surface area contributed by atoms with Gasteiger partial charge in [0.1, 0.15) is 17.7 Å². The molecular weight excluding hydrogens is 348 g/mol. The van der Waals surface area contributed by atoms with Crippen molar-refractivity contribution in [3.8, 4) is 5.75 Å². The molecule has 0 aliphatic rings. The minimum atomic E-state index is 0.620. The lowest BCUT2D eigenvalue weighted by atomic mass is 10.2. The van der Waals surface area contributed by atoms with E-state index in [1.54, 1.807) is 20.4 Å². The van der Waals surface area contributed by atoms with Gasteiger partial charge in [0.2, 0.25) is 0 Å². The highest BCUT2D eigenvalue weighted by atomic mass is 79.9. The summed E-state index contributed by atoms with van der Waals surface area (Å²) in [6, 6.07) is 7.71. The Bertz CT molecular complexity index is 628. The molecule has 0 atom stereocenters. The predicted molar refractivity (Wildman–Crippen MR) is 88.9 cm³/mol. The van der Waals surface area contributed by atoms with E-state index in [4.69, 9.17) is 9.26 Å². The molecule has 0 aliphatic carbocycles. The highest BCUT2D eigenvalue weighted by molar-refractivity contribution is 9.10. The zero-order valence-electron chi connectivity index (χ0n) is 12.8. The number of hydrogen-bond donors (Lipinski definition) is 1. The van der Waals surface area contributed by atoms with Gasteiger partial charge in [-0.1, -0.05) is 21.1 Å². The molecule has 7 heteroatoms. The van der Waals surface area contributed by atoms with Crippen LogP contribution in [0, 0.1) is 0 Å². The molecule has 0 saturated carbocycles. The van der Waals surface area contributed by atoms with E-state index in [-0.39, 0.29) is 0 Å². The topological polar surface area (TPSA) is 62.9 Å². The molecule has 0 amide bonds. The number of methoxy groups -OCH3 is 1. The van der Waals surface area contributed by atoms with Crippen LogP contribution in [0.4, 0.5) is 0 Å². The molecule has 0 radical (unpaired) electrons. The summed E-state index contributed by atoms with van der Waals surface area (Å²) in [6.07, 6.45) is 1.56. The lowest BCUT2D eigenvalue weighted by Crippen LogP contribution is -2.38. The molecule has 0 saturated heterocycles. The summed E-state index contributed by atoms with van der Waals surface area (Å²) in [4.78, 5) is 6.26. The van der Waals surface area contributed by atoms with Gasteiger partial charge in [-0.3, -0.25) is 4.99 Å². The Balaban J connectivity index is 1.99. The van der Waals surface area contributed by atoms with Gasteiger partial charge in [0, 0.05) is 31.2 Å². The lowest BCUT2D eigenvalue weighted by molar-refractivity contribution is 0.391. The second-order valence-corrected chi connectivity index (χ2v) is 5.56. The van der Waals surface area contributed by atoms with Crippen LogP contribution in [-0.2, 0) is 13.1 Å². The molecule has 118 valence electrons. The highest BCUT2D eigenvalue weighted by Gasteiger charge is 2.09. The van der Waals surface area contributed by atoms with Gasteiger partial charge < -0.3 is 19.5 Å². The number of nitrogens with zero attached hydrogens (tertiary/aromatic N) is 3. The van der Waals surface area contributed by atoms with E-state index >= 15 is 0 Å². The van der Waals surface area contributed by atoms with Gasteiger partial charge >= 0.3 is 0 Å². The first-order valence-corrected chi connectivity index (χ1v) is 7.56. The second-order valence-electron chi connectivity index (χ2n) is 4.70. The Hall–Kier alpha value is -2.02. The Morgan fingerprint density at radius 2 is 2.27 bits per heavy atom. The van der Waals surface area contributed by atoms with E-state index in [9.17, 15) is 0 Å². The third-order valence-electron chi connectivity index (χ3n) is 3.15. The summed E-state index contributed by atoms with van der Waals surface area (Å²) in [7, 11) is 5.36. The number of rotatable bonds is 5. The van der Waals surface area contributed by atoms with Gasteiger partial charge in [0.25, 0.3) is 0 Å². The van der Waals surface area contributed by atoms with Crippen molar-refractivity contribution in [2.75, 3.05) is 21.2 Å². The van der Waals surface area contributed by atoms with E-state index in [0.29, 0.717) is 13.1 Å². The van der Waals surface area contributed by atoms with Crippen LogP contribution in [0.1, 0.15) is 11.3 Å². The zero-order valence-corrected chi connectivity index (χ0v) is 14.4. The Kier molecular flexibility index (Phi) is 5.83. The summed E-state index contributed by atoms with van der Waals surface area (Å²) in [5.74, 6) is 1.60. The number of hydrogen-bond acceptors (Lipinski definition) is 4. The molecular formula is C15H19BrN4O2. The first kappa shape index (κ1) is 16.4. The maximum atomic E-state index is 5.25. The highest BCUT2D eigenvalue weighted by Crippen LogP contribution is 2.22. The Morgan fingerprint density at radius 3 is 2.91 bits per heavy atom. The van der Waals surface area contributed by atoms with Crippen molar-refractivity contribution in [1.29, 1.82) is 0 Å². The molecule has 22 heavy (non-hydrogen) atoms. The van der Waals surface area contributed by atoms with Crippen molar-refractivity contribution in [3.63, 3.8) is 0 Å². The van der Waals surface area contributed by atoms with Gasteiger partial charge in [-0.15, -0.1) is 0 Å². The van der Waals surface area contributed by atoms with Gasteiger partial charge in [-0.05, 0) is 23.8 Å². The Labute approximate surface area is 138 Å². The molecule has 1 aromatic heterocycles. The SMILES string of the molecule is CN=C(NCc1cc(OC)ccc1Br)N(C)Cc1ccon1. The maximum absolute atomic E-state index is 5.25. The fourth-order valence-electron chi connectivity index (χ4n) is 2.01. The summed E-state index contributed by atoms with van der Waals surface area (Å²) in [6.45, 7) is 1.25. The summed E-state index contributed by atoms with van der Waals surface area (Å²) in [5, 5.41) is 7.23. The van der Waals surface area contributed by atoms with Crippen molar-refractivity contribution in [3.05, 3.63) is 46.3 Å². The number of aromatic nitrogens is 1. The molecule has 2 rings (SSSR count). The molecule has 2 aromatic rings. The van der Waals surface area contributed by atoms with E-state index in [1.165, 1.54) is 0 Å². The normalized spacial score (nSPS) is 11.4. The standard InChI is InChI=1S/C15H19BrN4O2/c1-17-15(20(2)10-12-6-7-22-19-12)18-9-11-8-13(21-3)4-5-14(11)16/h4-8H,9-10H2,1-3H3,(H,17,18). The van der Waals surface area contributed by atoms with Crippen molar-refractivity contribution in [2.24, 2.45) is 4.99 Å². The zero-order chi connectivity index (χ0) is 15.9. The van der Waals surface area contributed by atoms with E-state index in [1.807, 2.05) is 36.2 Å². The van der Waals surface area contributed by atoms with Gasteiger partial charge in [0.05, 0.1) is 13.7 Å². The van der Waals surface area contributed by atoms with Gasteiger partial charge in [-0.2, -0.15) is 0 Å².